The molecule has 0 aromatic rings. The van der Waals surface area contributed by atoms with Crippen molar-refractivity contribution in [3.63, 3.8) is 0 Å². The van der Waals surface area contributed by atoms with Gasteiger partial charge in [0.05, 0.1) is 6.04 Å². The minimum atomic E-state index is 0.409. The molecular formula is C10H21N3. The zero-order chi connectivity index (χ0) is 9.68. The van der Waals surface area contributed by atoms with Gasteiger partial charge in [0.25, 0.3) is 0 Å². The van der Waals surface area contributed by atoms with E-state index in [2.05, 4.69) is 24.3 Å². The van der Waals surface area contributed by atoms with E-state index in [1.807, 2.05) is 0 Å². The van der Waals surface area contributed by atoms with E-state index in [4.69, 9.17) is 5.84 Å². The Morgan fingerprint density at radius 3 is 2.38 bits per heavy atom. The van der Waals surface area contributed by atoms with E-state index in [0.717, 1.165) is 5.84 Å². The Morgan fingerprint density at radius 2 is 1.92 bits per heavy atom. The Hall–Kier alpha value is -0.570. The SMILES string of the molecule is CC(C)C(=NC1CCCCC1)NN. The van der Waals surface area contributed by atoms with Gasteiger partial charge >= 0.3 is 0 Å². The number of nitrogens with one attached hydrogen (secondary N) is 1. The van der Waals surface area contributed by atoms with Crippen LogP contribution in [0.25, 0.3) is 0 Å². The number of amidine groups is 1. The third-order valence-corrected chi connectivity index (χ3v) is 2.59. The Kier molecular flexibility index (Phi) is 4.22. The molecule has 0 unspecified atom stereocenters. The summed E-state index contributed by atoms with van der Waals surface area (Å²) in [5.41, 5.74) is 2.70. The van der Waals surface area contributed by atoms with Crippen LogP contribution in [0, 0.1) is 5.92 Å². The highest BCUT2D eigenvalue weighted by Crippen LogP contribution is 2.20. The van der Waals surface area contributed by atoms with Crippen LogP contribution < -0.4 is 11.3 Å². The fourth-order valence-corrected chi connectivity index (χ4v) is 1.76. The lowest BCUT2D eigenvalue weighted by Crippen LogP contribution is -2.35. The van der Waals surface area contributed by atoms with E-state index >= 15 is 0 Å². The second kappa shape index (κ2) is 5.22. The Balaban J connectivity index is 2.49. The molecule has 13 heavy (non-hydrogen) atoms. The molecule has 0 aromatic heterocycles. The highest BCUT2D eigenvalue weighted by Gasteiger charge is 2.13. The molecule has 0 bridgehead atoms. The van der Waals surface area contributed by atoms with E-state index < -0.39 is 0 Å². The van der Waals surface area contributed by atoms with E-state index in [-0.39, 0.29) is 0 Å². The van der Waals surface area contributed by atoms with Gasteiger partial charge in [-0.05, 0) is 12.8 Å². The number of hydrogen-bond acceptors (Lipinski definition) is 2. The summed E-state index contributed by atoms with van der Waals surface area (Å²) in [6.07, 6.45) is 6.49. The van der Waals surface area contributed by atoms with Crippen LogP contribution in [0.4, 0.5) is 0 Å². The number of aliphatic imine (C=N–C) groups is 1. The Labute approximate surface area is 80.8 Å². The number of nitrogens with zero attached hydrogens (tertiary/aromatic N) is 1. The van der Waals surface area contributed by atoms with Gasteiger partial charge in [0.1, 0.15) is 5.84 Å². The summed E-state index contributed by atoms with van der Waals surface area (Å²) in [6, 6.07) is 0.516. The fourth-order valence-electron chi connectivity index (χ4n) is 1.76. The monoisotopic (exact) mass is 183 g/mol. The maximum atomic E-state index is 5.41. The molecule has 1 aliphatic carbocycles. The average Bonchev–Trinajstić information content (AvgIpc) is 2.15. The molecule has 3 N–H and O–H groups in total. The molecule has 3 heteroatoms. The molecule has 76 valence electrons. The molecule has 0 amide bonds. The van der Waals surface area contributed by atoms with E-state index in [0.29, 0.717) is 12.0 Å². The molecule has 0 heterocycles. The first-order chi connectivity index (χ1) is 6.24. The van der Waals surface area contributed by atoms with Crippen LogP contribution in [-0.2, 0) is 0 Å². The van der Waals surface area contributed by atoms with Gasteiger partial charge in [-0.25, -0.2) is 5.84 Å². The van der Waals surface area contributed by atoms with Crippen molar-refractivity contribution in [3.8, 4) is 0 Å². The van der Waals surface area contributed by atoms with Crippen LogP contribution in [0.3, 0.4) is 0 Å². The molecule has 1 rings (SSSR count). The van der Waals surface area contributed by atoms with E-state index in [9.17, 15) is 0 Å². The minimum Gasteiger partial charge on any atom is -0.312 e. The molecular weight excluding hydrogens is 162 g/mol. The van der Waals surface area contributed by atoms with Crippen LogP contribution in [0.15, 0.2) is 4.99 Å². The molecule has 1 saturated carbocycles. The summed E-state index contributed by atoms with van der Waals surface area (Å²) in [7, 11) is 0. The molecule has 0 spiro atoms. The number of rotatable bonds is 2. The second-order valence-electron chi connectivity index (χ2n) is 4.11. The maximum absolute atomic E-state index is 5.41. The van der Waals surface area contributed by atoms with Crippen molar-refractivity contribution in [3.05, 3.63) is 0 Å². The third-order valence-electron chi connectivity index (χ3n) is 2.59. The lowest BCUT2D eigenvalue weighted by Gasteiger charge is -2.20. The third kappa shape index (κ3) is 3.35. The molecule has 0 radical (unpaired) electrons. The summed E-state index contributed by atoms with van der Waals surface area (Å²) >= 11 is 0. The summed E-state index contributed by atoms with van der Waals surface area (Å²) in [6.45, 7) is 4.23. The van der Waals surface area contributed by atoms with Gasteiger partial charge in [0, 0.05) is 5.92 Å². The molecule has 1 fully saturated rings. The van der Waals surface area contributed by atoms with Gasteiger partial charge in [-0.2, -0.15) is 0 Å². The lowest BCUT2D eigenvalue weighted by molar-refractivity contribution is 0.440. The quantitative estimate of drug-likeness (QED) is 0.297. The van der Waals surface area contributed by atoms with E-state index in [1.54, 1.807) is 0 Å². The fraction of sp³-hybridized carbons (Fsp3) is 0.900. The molecule has 0 saturated heterocycles. The number of nitrogens with two attached hydrogens (primary N) is 1. The predicted molar refractivity (Wildman–Crippen MR) is 56.5 cm³/mol. The smallest absolute Gasteiger partial charge is 0.113 e. The van der Waals surface area contributed by atoms with Crippen LogP contribution in [0.2, 0.25) is 0 Å². The van der Waals surface area contributed by atoms with E-state index in [1.165, 1.54) is 32.1 Å². The van der Waals surface area contributed by atoms with Crippen LogP contribution in [-0.4, -0.2) is 11.9 Å². The Bertz CT molecular complexity index is 169. The average molecular weight is 183 g/mol. The van der Waals surface area contributed by atoms with Crippen molar-refractivity contribution in [2.24, 2.45) is 16.8 Å². The van der Waals surface area contributed by atoms with Gasteiger partial charge in [-0.3, -0.25) is 4.99 Å². The van der Waals surface area contributed by atoms with Gasteiger partial charge in [0.15, 0.2) is 0 Å². The van der Waals surface area contributed by atoms with Crippen molar-refractivity contribution in [2.75, 3.05) is 0 Å². The number of hydrogen-bond donors (Lipinski definition) is 2. The van der Waals surface area contributed by atoms with Crippen molar-refractivity contribution in [1.82, 2.24) is 5.43 Å². The van der Waals surface area contributed by atoms with Gasteiger partial charge in [-0.1, -0.05) is 33.1 Å². The molecule has 0 aliphatic heterocycles. The minimum absolute atomic E-state index is 0.409. The topological polar surface area (TPSA) is 50.4 Å². The first-order valence-corrected chi connectivity index (χ1v) is 5.28. The maximum Gasteiger partial charge on any atom is 0.113 e. The highest BCUT2D eigenvalue weighted by atomic mass is 15.3. The van der Waals surface area contributed by atoms with Gasteiger partial charge < -0.3 is 5.43 Å². The number of hydrazine groups is 1. The van der Waals surface area contributed by atoms with Gasteiger partial charge in [0.2, 0.25) is 0 Å². The highest BCUT2D eigenvalue weighted by molar-refractivity contribution is 5.83. The largest absolute Gasteiger partial charge is 0.312 e. The normalized spacial score (nSPS) is 20.8. The summed E-state index contributed by atoms with van der Waals surface area (Å²) in [5, 5.41) is 0. The van der Waals surface area contributed by atoms with Crippen LogP contribution >= 0.6 is 0 Å². The zero-order valence-electron chi connectivity index (χ0n) is 8.71. The zero-order valence-corrected chi connectivity index (χ0v) is 8.71. The van der Waals surface area contributed by atoms with Crippen molar-refractivity contribution in [2.45, 2.75) is 52.0 Å². The van der Waals surface area contributed by atoms with Crippen molar-refractivity contribution in [1.29, 1.82) is 0 Å². The second-order valence-corrected chi connectivity index (χ2v) is 4.11. The van der Waals surface area contributed by atoms with Crippen LogP contribution in [0.1, 0.15) is 46.0 Å². The van der Waals surface area contributed by atoms with Crippen LogP contribution in [0.5, 0.6) is 0 Å². The van der Waals surface area contributed by atoms with Gasteiger partial charge in [-0.15, -0.1) is 0 Å². The lowest BCUT2D eigenvalue weighted by atomic mass is 9.96. The summed E-state index contributed by atoms with van der Waals surface area (Å²) < 4.78 is 0. The first-order valence-electron chi connectivity index (χ1n) is 5.28. The van der Waals surface area contributed by atoms with Crippen molar-refractivity contribution < 1.29 is 0 Å². The van der Waals surface area contributed by atoms with Crippen molar-refractivity contribution >= 4 is 5.84 Å². The molecule has 1 aliphatic rings. The molecule has 0 atom stereocenters. The molecule has 3 nitrogen and oxygen atoms in total. The summed E-state index contributed by atoms with van der Waals surface area (Å²) in [4.78, 5) is 4.63. The first kappa shape index (κ1) is 10.5. The Morgan fingerprint density at radius 1 is 1.31 bits per heavy atom. The predicted octanol–water partition coefficient (Wildman–Crippen LogP) is 1.84. The standard InChI is InChI=1S/C10H21N3/c1-8(2)10(13-11)12-9-6-4-3-5-7-9/h8-9H,3-7,11H2,1-2H3,(H,12,13). The summed E-state index contributed by atoms with van der Waals surface area (Å²) in [5.74, 6) is 6.77. The molecule has 0 aromatic carbocycles.